The van der Waals surface area contributed by atoms with Gasteiger partial charge < -0.3 is 10.5 Å². The van der Waals surface area contributed by atoms with E-state index in [1.165, 1.54) is 5.56 Å². The van der Waals surface area contributed by atoms with Crippen LogP contribution in [0.2, 0.25) is 0 Å². The fraction of sp³-hybridized carbons (Fsp3) is 0.0588. The maximum Gasteiger partial charge on any atom is 0.119 e. The Hall–Kier alpha value is -2.26. The monoisotopic (exact) mass is 281 g/mol. The maximum absolute atomic E-state index is 5.77. The molecule has 0 aliphatic heterocycles. The van der Waals surface area contributed by atoms with Crippen molar-refractivity contribution in [3.05, 3.63) is 71.6 Å². The molecule has 0 fully saturated rings. The molecular weight excluding hydrogens is 266 g/mol. The minimum atomic E-state index is 0.589. The molecule has 0 saturated carbocycles. The molecule has 1 heterocycles. The van der Waals surface area contributed by atoms with Crippen LogP contribution in [0.15, 0.2) is 66.0 Å². The molecule has 0 saturated heterocycles. The first-order chi connectivity index (χ1) is 9.81. The lowest BCUT2D eigenvalue weighted by molar-refractivity contribution is 0.306. The van der Waals surface area contributed by atoms with Crippen LogP contribution in [0, 0.1) is 0 Å². The van der Waals surface area contributed by atoms with Crippen molar-refractivity contribution >= 4 is 16.3 Å². The van der Waals surface area contributed by atoms with E-state index >= 15 is 0 Å². The van der Waals surface area contributed by atoms with Crippen LogP contribution < -0.4 is 10.5 Å². The number of hydrogen-bond donors (Lipinski definition) is 1. The summed E-state index contributed by atoms with van der Waals surface area (Å²) < 4.78 is 5.77. The number of nitrogens with two attached hydrogens (primary N) is 1. The summed E-state index contributed by atoms with van der Waals surface area (Å²) in [6, 6.07) is 20.2. The van der Waals surface area contributed by atoms with E-state index in [1.54, 1.807) is 11.3 Å². The zero-order chi connectivity index (χ0) is 13.8. The van der Waals surface area contributed by atoms with Crippen LogP contribution in [-0.2, 0) is 6.61 Å². The standard InChI is InChI=1S/C17H15NOS/c18-17-10-15(12-20-17)14-6-8-16(9-7-14)19-11-13-4-2-1-3-5-13/h1-10,12H,11,18H2. The van der Waals surface area contributed by atoms with Gasteiger partial charge in [-0.25, -0.2) is 0 Å². The largest absolute Gasteiger partial charge is 0.489 e. The highest BCUT2D eigenvalue weighted by molar-refractivity contribution is 7.14. The third-order valence-electron chi connectivity index (χ3n) is 3.06. The number of thiophene rings is 1. The van der Waals surface area contributed by atoms with Gasteiger partial charge in [-0.2, -0.15) is 0 Å². The van der Waals surface area contributed by atoms with Gasteiger partial charge in [0.1, 0.15) is 12.4 Å². The smallest absolute Gasteiger partial charge is 0.119 e. The molecule has 0 amide bonds. The normalized spacial score (nSPS) is 10.4. The second-order valence-corrected chi connectivity index (χ2v) is 5.48. The number of anilines is 1. The first kappa shape index (κ1) is 12.8. The summed E-state index contributed by atoms with van der Waals surface area (Å²) in [4.78, 5) is 0. The molecule has 0 atom stereocenters. The molecule has 100 valence electrons. The van der Waals surface area contributed by atoms with Crippen molar-refractivity contribution in [2.24, 2.45) is 0 Å². The van der Waals surface area contributed by atoms with Crippen molar-refractivity contribution in [2.75, 3.05) is 5.73 Å². The fourth-order valence-electron chi connectivity index (χ4n) is 1.99. The van der Waals surface area contributed by atoms with E-state index in [0.717, 1.165) is 21.9 Å². The summed E-state index contributed by atoms with van der Waals surface area (Å²) in [5.41, 5.74) is 9.23. The van der Waals surface area contributed by atoms with Crippen molar-refractivity contribution in [2.45, 2.75) is 6.61 Å². The third-order valence-corrected chi connectivity index (χ3v) is 3.82. The van der Waals surface area contributed by atoms with E-state index in [2.05, 4.69) is 29.6 Å². The molecule has 1 aromatic heterocycles. The summed E-state index contributed by atoms with van der Waals surface area (Å²) in [5.74, 6) is 0.876. The Morgan fingerprint density at radius 2 is 1.65 bits per heavy atom. The number of benzene rings is 2. The molecule has 0 aliphatic carbocycles. The molecule has 3 aromatic rings. The van der Waals surface area contributed by atoms with Gasteiger partial charge in [0.15, 0.2) is 0 Å². The second kappa shape index (κ2) is 5.80. The summed E-state index contributed by atoms with van der Waals surface area (Å²) in [6.45, 7) is 0.589. The molecule has 3 rings (SSSR count). The maximum atomic E-state index is 5.77. The predicted octanol–water partition coefficient (Wildman–Crippen LogP) is 4.58. The van der Waals surface area contributed by atoms with Gasteiger partial charge in [-0.3, -0.25) is 0 Å². The molecule has 20 heavy (non-hydrogen) atoms. The van der Waals surface area contributed by atoms with E-state index in [9.17, 15) is 0 Å². The van der Waals surface area contributed by atoms with E-state index in [-0.39, 0.29) is 0 Å². The molecule has 2 N–H and O–H groups in total. The van der Waals surface area contributed by atoms with Gasteiger partial charge in [-0.1, -0.05) is 42.5 Å². The molecular formula is C17H15NOS. The molecule has 0 spiro atoms. The van der Waals surface area contributed by atoms with Gasteiger partial charge in [0, 0.05) is 5.38 Å². The highest BCUT2D eigenvalue weighted by atomic mass is 32.1. The summed E-state index contributed by atoms with van der Waals surface area (Å²) >= 11 is 1.56. The molecule has 0 radical (unpaired) electrons. The second-order valence-electron chi connectivity index (χ2n) is 4.54. The van der Waals surface area contributed by atoms with E-state index in [0.29, 0.717) is 6.61 Å². The average Bonchev–Trinajstić information content (AvgIpc) is 2.93. The Morgan fingerprint density at radius 3 is 2.30 bits per heavy atom. The number of rotatable bonds is 4. The van der Waals surface area contributed by atoms with Gasteiger partial charge >= 0.3 is 0 Å². The minimum absolute atomic E-state index is 0.589. The molecule has 3 heteroatoms. The Kier molecular flexibility index (Phi) is 3.70. The average molecular weight is 281 g/mol. The lowest BCUT2D eigenvalue weighted by atomic mass is 10.1. The minimum Gasteiger partial charge on any atom is -0.489 e. The SMILES string of the molecule is Nc1cc(-c2ccc(OCc3ccccc3)cc2)cs1. The van der Waals surface area contributed by atoms with Crippen LogP contribution in [0.25, 0.3) is 11.1 Å². The Balaban J connectivity index is 1.67. The van der Waals surface area contributed by atoms with Crippen LogP contribution >= 0.6 is 11.3 Å². The lowest BCUT2D eigenvalue weighted by Gasteiger charge is -2.07. The third kappa shape index (κ3) is 3.00. The fourth-order valence-corrected chi connectivity index (χ4v) is 2.65. The van der Waals surface area contributed by atoms with Crippen LogP contribution in [0.3, 0.4) is 0 Å². The van der Waals surface area contributed by atoms with Crippen molar-refractivity contribution in [3.8, 4) is 16.9 Å². The lowest BCUT2D eigenvalue weighted by Crippen LogP contribution is -1.94. The first-order valence-corrected chi connectivity index (χ1v) is 7.30. The van der Waals surface area contributed by atoms with Gasteiger partial charge in [-0.05, 0) is 34.9 Å². The number of nitrogen functional groups attached to an aromatic ring is 1. The van der Waals surface area contributed by atoms with Crippen molar-refractivity contribution in [3.63, 3.8) is 0 Å². The zero-order valence-corrected chi connectivity index (χ0v) is 11.8. The Bertz CT molecular complexity index is 674. The zero-order valence-electron chi connectivity index (χ0n) is 11.0. The topological polar surface area (TPSA) is 35.2 Å². The van der Waals surface area contributed by atoms with Crippen LogP contribution in [0.1, 0.15) is 5.56 Å². The van der Waals surface area contributed by atoms with Crippen LogP contribution in [0.5, 0.6) is 5.75 Å². The first-order valence-electron chi connectivity index (χ1n) is 6.42. The van der Waals surface area contributed by atoms with Crippen molar-refractivity contribution < 1.29 is 4.74 Å². The van der Waals surface area contributed by atoms with Gasteiger partial charge in [0.2, 0.25) is 0 Å². The predicted molar refractivity (Wildman–Crippen MR) is 84.9 cm³/mol. The van der Waals surface area contributed by atoms with Gasteiger partial charge in [0.25, 0.3) is 0 Å². The van der Waals surface area contributed by atoms with Gasteiger partial charge in [-0.15, -0.1) is 11.3 Å². The quantitative estimate of drug-likeness (QED) is 0.760. The Labute approximate surface area is 122 Å². The van der Waals surface area contributed by atoms with Crippen molar-refractivity contribution in [1.29, 1.82) is 0 Å². The highest BCUT2D eigenvalue weighted by Gasteiger charge is 2.01. The van der Waals surface area contributed by atoms with Crippen LogP contribution in [-0.4, -0.2) is 0 Å². The molecule has 2 nitrogen and oxygen atoms in total. The highest BCUT2D eigenvalue weighted by Crippen LogP contribution is 2.28. The summed E-state index contributed by atoms with van der Waals surface area (Å²) in [5, 5.41) is 2.90. The molecule has 0 bridgehead atoms. The molecule has 0 unspecified atom stereocenters. The van der Waals surface area contributed by atoms with E-state index < -0.39 is 0 Å². The number of hydrogen-bond acceptors (Lipinski definition) is 3. The Morgan fingerprint density at radius 1 is 0.900 bits per heavy atom. The van der Waals surface area contributed by atoms with E-state index in [4.69, 9.17) is 10.5 Å². The van der Waals surface area contributed by atoms with E-state index in [1.807, 2.05) is 36.4 Å². The summed E-state index contributed by atoms with van der Waals surface area (Å²) in [7, 11) is 0. The van der Waals surface area contributed by atoms with Crippen molar-refractivity contribution in [1.82, 2.24) is 0 Å². The number of ether oxygens (including phenoxy) is 1. The van der Waals surface area contributed by atoms with Crippen LogP contribution in [0.4, 0.5) is 5.00 Å². The summed E-state index contributed by atoms with van der Waals surface area (Å²) in [6.07, 6.45) is 0. The molecule has 0 aliphatic rings. The molecule has 2 aromatic carbocycles. The van der Waals surface area contributed by atoms with Gasteiger partial charge in [0.05, 0.1) is 5.00 Å².